The highest BCUT2D eigenvalue weighted by molar-refractivity contribution is 5.98. The largest absolute Gasteiger partial charge is 0.397 e. The molecule has 0 aliphatic rings. The number of nitrogens with two attached hydrogens (primary N) is 1. The van der Waals surface area contributed by atoms with Crippen LogP contribution in [0.25, 0.3) is 0 Å². The van der Waals surface area contributed by atoms with E-state index in [0.29, 0.717) is 17.8 Å². The minimum absolute atomic E-state index is 0.118. The molecule has 0 radical (unpaired) electrons. The Morgan fingerprint density at radius 1 is 1.42 bits per heavy atom. The minimum atomic E-state index is -0.122. The summed E-state index contributed by atoms with van der Waals surface area (Å²) in [7, 11) is 0. The topological polar surface area (TPSA) is 68.0 Å². The zero-order chi connectivity index (χ0) is 14.3. The van der Waals surface area contributed by atoms with Crippen molar-refractivity contribution in [1.29, 1.82) is 0 Å². The van der Waals surface area contributed by atoms with E-state index in [1.165, 1.54) is 25.5 Å². The number of aromatic nitrogens is 1. The molecule has 1 rings (SSSR count). The van der Waals surface area contributed by atoms with Crippen LogP contribution in [-0.4, -0.2) is 17.4 Å². The number of hydrogen-bond donors (Lipinski definition) is 2. The van der Waals surface area contributed by atoms with E-state index < -0.39 is 0 Å². The molecule has 106 valence electrons. The van der Waals surface area contributed by atoms with E-state index in [0.717, 1.165) is 6.42 Å². The van der Waals surface area contributed by atoms with Gasteiger partial charge in [0.1, 0.15) is 0 Å². The van der Waals surface area contributed by atoms with E-state index >= 15 is 0 Å². The van der Waals surface area contributed by atoms with Gasteiger partial charge >= 0.3 is 0 Å². The molecule has 0 aromatic carbocycles. The molecular weight excluding hydrogens is 238 g/mol. The standard InChI is InChI=1S/C15H25N3O/c1-4-5-6-8-15(2,3)11-18-14(19)12-7-9-17-10-13(12)16/h7,9-10H,4-6,8,11,16H2,1-3H3,(H,18,19). The number of anilines is 1. The molecule has 0 saturated carbocycles. The Bertz CT molecular complexity index is 416. The Balaban J connectivity index is 2.47. The number of unbranched alkanes of at least 4 members (excludes halogenated alkanes) is 2. The van der Waals surface area contributed by atoms with Crippen molar-refractivity contribution in [2.75, 3.05) is 12.3 Å². The normalized spacial score (nSPS) is 11.3. The van der Waals surface area contributed by atoms with Gasteiger partial charge in [-0.3, -0.25) is 9.78 Å². The van der Waals surface area contributed by atoms with Crippen molar-refractivity contribution >= 4 is 11.6 Å². The molecule has 0 atom stereocenters. The van der Waals surface area contributed by atoms with Crippen LogP contribution in [0, 0.1) is 5.41 Å². The van der Waals surface area contributed by atoms with E-state index in [2.05, 4.69) is 31.1 Å². The van der Waals surface area contributed by atoms with E-state index in [9.17, 15) is 4.79 Å². The highest BCUT2D eigenvalue weighted by Crippen LogP contribution is 2.23. The number of carbonyl (C=O) groups is 1. The lowest BCUT2D eigenvalue weighted by molar-refractivity contribution is 0.0935. The number of nitrogens with one attached hydrogen (secondary N) is 1. The predicted molar refractivity (Wildman–Crippen MR) is 78.9 cm³/mol. The van der Waals surface area contributed by atoms with Crippen LogP contribution in [0.1, 0.15) is 56.8 Å². The third kappa shape index (κ3) is 5.28. The summed E-state index contributed by atoms with van der Waals surface area (Å²) in [5.74, 6) is -0.122. The summed E-state index contributed by atoms with van der Waals surface area (Å²) in [4.78, 5) is 15.9. The number of rotatable bonds is 7. The van der Waals surface area contributed by atoms with Gasteiger partial charge in [0.15, 0.2) is 0 Å². The van der Waals surface area contributed by atoms with Gasteiger partial charge in [-0.25, -0.2) is 0 Å². The van der Waals surface area contributed by atoms with Crippen LogP contribution in [0.2, 0.25) is 0 Å². The lowest BCUT2D eigenvalue weighted by Gasteiger charge is -2.25. The molecule has 0 aliphatic carbocycles. The number of hydrogen-bond acceptors (Lipinski definition) is 3. The van der Waals surface area contributed by atoms with Gasteiger partial charge in [0.2, 0.25) is 0 Å². The van der Waals surface area contributed by atoms with E-state index in [-0.39, 0.29) is 11.3 Å². The Morgan fingerprint density at radius 2 is 2.16 bits per heavy atom. The van der Waals surface area contributed by atoms with Crippen molar-refractivity contribution in [2.45, 2.75) is 46.5 Å². The van der Waals surface area contributed by atoms with Crippen molar-refractivity contribution in [2.24, 2.45) is 5.41 Å². The van der Waals surface area contributed by atoms with Gasteiger partial charge in [0, 0.05) is 12.7 Å². The maximum absolute atomic E-state index is 12.0. The first kappa shape index (κ1) is 15.5. The number of amides is 1. The van der Waals surface area contributed by atoms with Gasteiger partial charge in [-0.05, 0) is 17.9 Å². The van der Waals surface area contributed by atoms with E-state index in [4.69, 9.17) is 5.73 Å². The second-order valence-electron chi connectivity index (χ2n) is 5.77. The lowest BCUT2D eigenvalue weighted by atomic mass is 9.87. The molecule has 0 bridgehead atoms. The second-order valence-corrected chi connectivity index (χ2v) is 5.77. The van der Waals surface area contributed by atoms with Gasteiger partial charge in [-0.2, -0.15) is 0 Å². The Labute approximate surface area is 115 Å². The second kappa shape index (κ2) is 7.12. The first-order valence-corrected chi connectivity index (χ1v) is 6.94. The average molecular weight is 263 g/mol. The molecule has 3 N–H and O–H groups in total. The highest BCUT2D eigenvalue weighted by atomic mass is 16.1. The maximum Gasteiger partial charge on any atom is 0.253 e. The third-order valence-electron chi connectivity index (χ3n) is 3.28. The molecule has 0 saturated heterocycles. The van der Waals surface area contributed by atoms with Crippen LogP contribution >= 0.6 is 0 Å². The van der Waals surface area contributed by atoms with Gasteiger partial charge in [0.05, 0.1) is 17.4 Å². The number of nitrogens with zero attached hydrogens (tertiary/aromatic N) is 1. The predicted octanol–water partition coefficient (Wildman–Crippen LogP) is 3.00. The summed E-state index contributed by atoms with van der Waals surface area (Å²) in [5.41, 5.74) is 6.77. The van der Waals surface area contributed by atoms with Crippen LogP contribution in [-0.2, 0) is 0 Å². The summed E-state index contributed by atoms with van der Waals surface area (Å²) in [6.07, 6.45) is 7.87. The van der Waals surface area contributed by atoms with Gasteiger partial charge in [0.25, 0.3) is 5.91 Å². The zero-order valence-electron chi connectivity index (χ0n) is 12.2. The summed E-state index contributed by atoms with van der Waals surface area (Å²) in [6, 6.07) is 1.65. The van der Waals surface area contributed by atoms with Crippen molar-refractivity contribution in [3.8, 4) is 0 Å². The van der Waals surface area contributed by atoms with Gasteiger partial charge < -0.3 is 11.1 Å². The van der Waals surface area contributed by atoms with Gasteiger partial charge in [-0.1, -0.05) is 40.0 Å². The van der Waals surface area contributed by atoms with E-state index in [1.807, 2.05) is 0 Å². The van der Waals surface area contributed by atoms with Crippen molar-refractivity contribution in [1.82, 2.24) is 10.3 Å². The average Bonchev–Trinajstić information content (AvgIpc) is 2.37. The first-order chi connectivity index (χ1) is 8.96. The fourth-order valence-corrected chi connectivity index (χ4v) is 1.97. The maximum atomic E-state index is 12.0. The zero-order valence-corrected chi connectivity index (χ0v) is 12.2. The molecule has 0 spiro atoms. The number of pyridine rings is 1. The Hall–Kier alpha value is -1.58. The smallest absolute Gasteiger partial charge is 0.253 e. The van der Waals surface area contributed by atoms with Gasteiger partial charge in [-0.15, -0.1) is 0 Å². The van der Waals surface area contributed by atoms with Crippen LogP contribution in [0.4, 0.5) is 5.69 Å². The third-order valence-corrected chi connectivity index (χ3v) is 3.28. The Morgan fingerprint density at radius 3 is 2.79 bits per heavy atom. The molecule has 1 aromatic rings. The first-order valence-electron chi connectivity index (χ1n) is 6.94. The molecule has 1 heterocycles. The molecule has 1 amide bonds. The quantitative estimate of drug-likeness (QED) is 0.743. The molecular formula is C15H25N3O. The summed E-state index contributed by atoms with van der Waals surface area (Å²) < 4.78 is 0. The molecule has 0 unspecified atom stereocenters. The van der Waals surface area contributed by atoms with Crippen LogP contribution in [0.15, 0.2) is 18.5 Å². The SMILES string of the molecule is CCCCCC(C)(C)CNC(=O)c1ccncc1N. The Kier molecular flexibility index (Phi) is 5.80. The number of nitrogen functional groups attached to an aromatic ring is 1. The lowest BCUT2D eigenvalue weighted by Crippen LogP contribution is -2.34. The van der Waals surface area contributed by atoms with Crippen molar-refractivity contribution < 1.29 is 4.79 Å². The van der Waals surface area contributed by atoms with E-state index in [1.54, 1.807) is 12.3 Å². The number of carbonyl (C=O) groups excluding carboxylic acids is 1. The fourth-order valence-electron chi connectivity index (χ4n) is 1.97. The fraction of sp³-hybridized carbons (Fsp3) is 0.600. The molecule has 1 aromatic heterocycles. The molecule has 0 aliphatic heterocycles. The van der Waals surface area contributed by atoms with Crippen molar-refractivity contribution in [3.63, 3.8) is 0 Å². The summed E-state index contributed by atoms with van der Waals surface area (Å²) >= 11 is 0. The van der Waals surface area contributed by atoms with Crippen molar-refractivity contribution in [3.05, 3.63) is 24.0 Å². The molecule has 0 fully saturated rings. The monoisotopic (exact) mass is 263 g/mol. The van der Waals surface area contributed by atoms with Crippen LogP contribution in [0.5, 0.6) is 0 Å². The molecule has 4 nitrogen and oxygen atoms in total. The molecule has 4 heteroatoms. The minimum Gasteiger partial charge on any atom is -0.397 e. The summed E-state index contributed by atoms with van der Waals surface area (Å²) in [6.45, 7) is 7.22. The molecule has 19 heavy (non-hydrogen) atoms. The van der Waals surface area contributed by atoms with Crippen LogP contribution in [0.3, 0.4) is 0 Å². The summed E-state index contributed by atoms with van der Waals surface area (Å²) in [5, 5.41) is 2.96. The highest BCUT2D eigenvalue weighted by Gasteiger charge is 2.19. The van der Waals surface area contributed by atoms with Crippen LogP contribution < -0.4 is 11.1 Å².